The molecule has 0 radical (unpaired) electrons. The highest BCUT2D eigenvalue weighted by molar-refractivity contribution is 9.10. The molecular weight excluding hydrogens is 408 g/mol. The second-order valence-electron chi connectivity index (χ2n) is 6.35. The maximum absolute atomic E-state index is 12.6. The van der Waals surface area contributed by atoms with Crippen LogP contribution >= 0.6 is 15.9 Å². The third-order valence-electron chi connectivity index (χ3n) is 4.01. The van der Waals surface area contributed by atoms with Gasteiger partial charge in [-0.1, -0.05) is 28.1 Å². The zero-order valence-electron chi connectivity index (χ0n) is 14.8. The van der Waals surface area contributed by atoms with Crippen LogP contribution in [0.3, 0.4) is 0 Å². The molecule has 0 aliphatic carbocycles. The van der Waals surface area contributed by atoms with Crippen LogP contribution in [0.1, 0.15) is 13.8 Å². The number of ether oxygens (including phenoxy) is 1. The fourth-order valence-corrected chi connectivity index (χ4v) is 3.10. The molecular formula is C20H17BrN4O2. The zero-order chi connectivity index (χ0) is 19.0. The number of benzene rings is 2. The van der Waals surface area contributed by atoms with Gasteiger partial charge in [-0.2, -0.15) is 5.10 Å². The molecule has 1 N–H and O–H groups in total. The number of rotatable bonds is 4. The molecule has 0 unspecified atom stereocenters. The maximum atomic E-state index is 12.6. The number of aromatic amines is 1. The first-order valence-electron chi connectivity index (χ1n) is 8.53. The Kier molecular flexibility index (Phi) is 4.53. The van der Waals surface area contributed by atoms with Gasteiger partial charge in [-0.3, -0.25) is 4.79 Å². The molecule has 2 aromatic carbocycles. The van der Waals surface area contributed by atoms with E-state index in [2.05, 4.69) is 31.0 Å². The number of hydrogen-bond acceptors (Lipinski definition) is 4. The molecule has 0 bridgehead atoms. The summed E-state index contributed by atoms with van der Waals surface area (Å²) in [5.74, 6) is 1.12. The molecule has 0 spiro atoms. The summed E-state index contributed by atoms with van der Waals surface area (Å²) in [6.45, 7) is 3.91. The summed E-state index contributed by atoms with van der Waals surface area (Å²) in [6, 6.07) is 15.2. The lowest BCUT2D eigenvalue weighted by atomic mass is 10.2. The number of nitrogens with zero attached hydrogens (tertiary/aromatic N) is 3. The fraction of sp³-hybridized carbons (Fsp3) is 0.150. The van der Waals surface area contributed by atoms with E-state index in [0.29, 0.717) is 22.6 Å². The van der Waals surface area contributed by atoms with Crippen molar-refractivity contribution in [1.29, 1.82) is 0 Å². The second kappa shape index (κ2) is 7.00. The number of nitrogens with one attached hydrogen (secondary N) is 1. The number of hydrogen-bond donors (Lipinski definition) is 1. The Balaban J connectivity index is 1.91. The van der Waals surface area contributed by atoms with E-state index in [1.165, 1.54) is 6.20 Å². The fourth-order valence-electron chi connectivity index (χ4n) is 2.84. The van der Waals surface area contributed by atoms with E-state index < -0.39 is 0 Å². The van der Waals surface area contributed by atoms with Crippen molar-refractivity contribution < 1.29 is 4.74 Å². The molecule has 136 valence electrons. The van der Waals surface area contributed by atoms with E-state index in [4.69, 9.17) is 4.74 Å². The topological polar surface area (TPSA) is 72.8 Å². The SMILES string of the molecule is CC(C)Oc1ccccc1-c1nc2c(cnn2-c2ccc(Br)cc2)c(=O)[nH]1. The summed E-state index contributed by atoms with van der Waals surface area (Å²) in [6.07, 6.45) is 1.54. The monoisotopic (exact) mass is 424 g/mol. The van der Waals surface area contributed by atoms with E-state index in [9.17, 15) is 4.79 Å². The third kappa shape index (κ3) is 3.38. The van der Waals surface area contributed by atoms with Gasteiger partial charge in [0.05, 0.1) is 23.6 Å². The van der Waals surface area contributed by atoms with Gasteiger partial charge >= 0.3 is 0 Å². The maximum Gasteiger partial charge on any atom is 0.262 e. The van der Waals surface area contributed by atoms with Gasteiger partial charge in [0.25, 0.3) is 5.56 Å². The van der Waals surface area contributed by atoms with Crippen molar-refractivity contribution in [2.45, 2.75) is 20.0 Å². The van der Waals surface area contributed by atoms with Crippen molar-refractivity contribution in [1.82, 2.24) is 19.7 Å². The minimum absolute atomic E-state index is 0.00916. The summed E-state index contributed by atoms with van der Waals surface area (Å²) in [7, 11) is 0. The van der Waals surface area contributed by atoms with Crippen LogP contribution in [0.5, 0.6) is 5.75 Å². The number of halogens is 1. The van der Waals surface area contributed by atoms with E-state index in [1.807, 2.05) is 62.4 Å². The quantitative estimate of drug-likeness (QED) is 0.529. The molecule has 0 atom stereocenters. The first kappa shape index (κ1) is 17.5. The Morgan fingerprint density at radius 2 is 1.85 bits per heavy atom. The summed E-state index contributed by atoms with van der Waals surface area (Å²) < 4.78 is 8.50. The van der Waals surface area contributed by atoms with E-state index >= 15 is 0 Å². The summed E-state index contributed by atoms with van der Waals surface area (Å²) in [4.78, 5) is 20.1. The minimum atomic E-state index is -0.238. The van der Waals surface area contributed by atoms with Crippen LogP contribution in [0.15, 0.2) is 64.0 Å². The van der Waals surface area contributed by atoms with Crippen molar-refractivity contribution in [3.05, 3.63) is 69.6 Å². The van der Waals surface area contributed by atoms with Crippen LogP contribution in [0.2, 0.25) is 0 Å². The molecule has 0 aliphatic heterocycles. The van der Waals surface area contributed by atoms with E-state index in [0.717, 1.165) is 15.7 Å². The minimum Gasteiger partial charge on any atom is -0.490 e. The standard InChI is InChI=1S/C20H17BrN4O2/c1-12(2)27-17-6-4-3-5-15(17)18-23-19-16(20(26)24-18)11-22-25(19)14-9-7-13(21)8-10-14/h3-12H,1-2H3,(H,23,24,26). The smallest absolute Gasteiger partial charge is 0.262 e. The number of fused-ring (bicyclic) bond motifs is 1. The Bertz CT molecular complexity index is 1160. The highest BCUT2D eigenvalue weighted by atomic mass is 79.9. The summed E-state index contributed by atoms with van der Waals surface area (Å²) in [5.41, 5.74) is 1.81. The van der Waals surface area contributed by atoms with Gasteiger partial charge in [0.15, 0.2) is 5.65 Å². The van der Waals surface area contributed by atoms with Gasteiger partial charge in [-0.25, -0.2) is 9.67 Å². The van der Waals surface area contributed by atoms with Crippen LogP contribution < -0.4 is 10.3 Å². The predicted octanol–water partition coefficient (Wildman–Crippen LogP) is 4.33. The summed E-state index contributed by atoms with van der Waals surface area (Å²) >= 11 is 3.43. The summed E-state index contributed by atoms with van der Waals surface area (Å²) in [5, 5.41) is 4.78. The normalized spacial score (nSPS) is 11.3. The molecule has 4 aromatic rings. The van der Waals surface area contributed by atoms with E-state index in [-0.39, 0.29) is 11.7 Å². The Morgan fingerprint density at radius 3 is 2.59 bits per heavy atom. The van der Waals surface area contributed by atoms with Crippen molar-refractivity contribution in [2.75, 3.05) is 0 Å². The van der Waals surface area contributed by atoms with Crippen LogP contribution in [0.4, 0.5) is 0 Å². The highest BCUT2D eigenvalue weighted by Gasteiger charge is 2.15. The lowest BCUT2D eigenvalue weighted by Crippen LogP contribution is -2.12. The molecule has 0 fully saturated rings. The second-order valence-corrected chi connectivity index (χ2v) is 7.26. The molecule has 2 heterocycles. The van der Waals surface area contributed by atoms with Gasteiger partial charge in [0, 0.05) is 4.47 Å². The molecule has 0 saturated heterocycles. The van der Waals surface area contributed by atoms with Crippen molar-refractivity contribution in [3.63, 3.8) is 0 Å². The molecule has 0 aliphatic rings. The lowest BCUT2D eigenvalue weighted by Gasteiger charge is -2.13. The van der Waals surface area contributed by atoms with E-state index in [1.54, 1.807) is 4.68 Å². The molecule has 7 heteroatoms. The van der Waals surface area contributed by atoms with Crippen LogP contribution in [-0.4, -0.2) is 25.9 Å². The van der Waals surface area contributed by atoms with Crippen LogP contribution in [-0.2, 0) is 0 Å². The van der Waals surface area contributed by atoms with Gasteiger partial charge in [-0.05, 0) is 50.2 Å². The third-order valence-corrected chi connectivity index (χ3v) is 4.54. The average Bonchev–Trinajstić information content (AvgIpc) is 3.07. The lowest BCUT2D eigenvalue weighted by molar-refractivity contribution is 0.243. The average molecular weight is 425 g/mol. The zero-order valence-corrected chi connectivity index (χ0v) is 16.4. The van der Waals surface area contributed by atoms with Crippen LogP contribution in [0, 0.1) is 0 Å². The van der Waals surface area contributed by atoms with Crippen LogP contribution in [0.25, 0.3) is 28.1 Å². The Labute approximate surface area is 164 Å². The van der Waals surface area contributed by atoms with Gasteiger partial charge in [0.1, 0.15) is 17.0 Å². The first-order chi connectivity index (χ1) is 13.0. The van der Waals surface area contributed by atoms with Gasteiger partial charge in [0.2, 0.25) is 0 Å². The molecule has 27 heavy (non-hydrogen) atoms. The van der Waals surface area contributed by atoms with Crippen molar-refractivity contribution in [2.24, 2.45) is 0 Å². The first-order valence-corrected chi connectivity index (χ1v) is 9.32. The molecule has 0 saturated carbocycles. The Hall–Kier alpha value is -2.93. The molecule has 0 amide bonds. The largest absolute Gasteiger partial charge is 0.490 e. The van der Waals surface area contributed by atoms with Gasteiger partial charge < -0.3 is 9.72 Å². The van der Waals surface area contributed by atoms with Crippen molar-refractivity contribution in [3.8, 4) is 22.8 Å². The molecule has 6 nitrogen and oxygen atoms in total. The van der Waals surface area contributed by atoms with Gasteiger partial charge in [-0.15, -0.1) is 0 Å². The number of aromatic nitrogens is 4. The Morgan fingerprint density at radius 1 is 1.11 bits per heavy atom. The highest BCUT2D eigenvalue weighted by Crippen LogP contribution is 2.28. The van der Waals surface area contributed by atoms with Crippen molar-refractivity contribution >= 4 is 27.0 Å². The number of para-hydroxylation sites is 1. The number of H-pyrrole nitrogens is 1. The predicted molar refractivity (Wildman–Crippen MR) is 108 cm³/mol. The molecule has 2 aromatic heterocycles. The molecule has 4 rings (SSSR count).